The molecule has 0 aliphatic rings. The highest BCUT2D eigenvalue weighted by Crippen LogP contribution is 2.25. The lowest BCUT2D eigenvalue weighted by Crippen LogP contribution is -2.31. The van der Waals surface area contributed by atoms with Gasteiger partial charge in [0.2, 0.25) is 0 Å². The number of nitrogens with zero attached hydrogens (tertiary/aromatic N) is 2. The van der Waals surface area contributed by atoms with E-state index < -0.39 is 27.1 Å². The highest BCUT2D eigenvalue weighted by atomic mass is 16.6. The maximum atomic E-state index is 12.4. The molecule has 0 fully saturated rings. The smallest absolute Gasteiger partial charge is 0.289 e. The first-order chi connectivity index (χ1) is 13.2. The summed E-state index contributed by atoms with van der Waals surface area (Å²) >= 11 is 0. The second kappa shape index (κ2) is 8.71. The Bertz CT molecular complexity index is 926. The summed E-state index contributed by atoms with van der Waals surface area (Å²) < 4.78 is 0. The average Bonchev–Trinajstić information content (AvgIpc) is 2.67. The summed E-state index contributed by atoms with van der Waals surface area (Å²) in [6.07, 6.45) is 0.786. The largest absolute Gasteiger partial charge is 0.350 e. The minimum absolute atomic E-state index is 0.0227. The fourth-order valence-electron chi connectivity index (χ4n) is 2.29. The van der Waals surface area contributed by atoms with Crippen LogP contribution in [0.1, 0.15) is 41.0 Å². The van der Waals surface area contributed by atoms with Crippen LogP contribution in [0.5, 0.6) is 0 Å². The number of rotatable bonds is 7. The van der Waals surface area contributed by atoms with Crippen LogP contribution in [-0.2, 0) is 0 Å². The zero-order valence-electron chi connectivity index (χ0n) is 15.2. The number of hydrogen-bond donors (Lipinski definition) is 2. The van der Waals surface area contributed by atoms with Crippen molar-refractivity contribution in [3.63, 3.8) is 0 Å². The number of non-ortho nitro benzene ring substituents is 1. The fourth-order valence-corrected chi connectivity index (χ4v) is 2.29. The number of amides is 2. The van der Waals surface area contributed by atoms with Crippen molar-refractivity contribution in [3.8, 4) is 0 Å². The van der Waals surface area contributed by atoms with Crippen molar-refractivity contribution >= 4 is 28.9 Å². The molecule has 0 bridgehead atoms. The lowest BCUT2D eigenvalue weighted by molar-refractivity contribution is -0.394. The summed E-state index contributed by atoms with van der Waals surface area (Å²) in [5, 5.41) is 27.2. The zero-order valence-corrected chi connectivity index (χ0v) is 15.2. The first-order valence-corrected chi connectivity index (χ1v) is 8.38. The van der Waals surface area contributed by atoms with Crippen molar-refractivity contribution in [1.82, 2.24) is 5.32 Å². The average molecular weight is 386 g/mol. The molecule has 0 heterocycles. The Labute approximate surface area is 159 Å². The van der Waals surface area contributed by atoms with Gasteiger partial charge in [-0.05, 0) is 43.7 Å². The highest BCUT2D eigenvalue weighted by molar-refractivity contribution is 6.07. The normalized spacial score (nSPS) is 11.4. The first kappa shape index (κ1) is 20.5. The van der Waals surface area contributed by atoms with Crippen LogP contribution in [0, 0.1) is 20.2 Å². The lowest BCUT2D eigenvalue weighted by Gasteiger charge is -2.12. The molecule has 10 heteroatoms. The van der Waals surface area contributed by atoms with Crippen LogP contribution >= 0.6 is 0 Å². The summed E-state index contributed by atoms with van der Waals surface area (Å²) in [7, 11) is 0. The van der Waals surface area contributed by atoms with Crippen molar-refractivity contribution < 1.29 is 19.4 Å². The van der Waals surface area contributed by atoms with Gasteiger partial charge in [-0.15, -0.1) is 0 Å². The molecule has 146 valence electrons. The maximum absolute atomic E-state index is 12.4. The van der Waals surface area contributed by atoms with Gasteiger partial charge in [0.15, 0.2) is 0 Å². The van der Waals surface area contributed by atoms with Crippen LogP contribution in [-0.4, -0.2) is 27.7 Å². The van der Waals surface area contributed by atoms with E-state index in [1.54, 1.807) is 0 Å². The molecule has 0 radical (unpaired) electrons. The van der Waals surface area contributed by atoms with Crippen LogP contribution in [0.2, 0.25) is 0 Å². The lowest BCUT2D eigenvalue weighted by atomic mass is 10.1. The molecular weight excluding hydrogens is 368 g/mol. The molecule has 0 aliphatic heterocycles. The van der Waals surface area contributed by atoms with Gasteiger partial charge >= 0.3 is 0 Å². The topological polar surface area (TPSA) is 144 Å². The van der Waals surface area contributed by atoms with E-state index in [9.17, 15) is 29.8 Å². The van der Waals surface area contributed by atoms with Crippen LogP contribution in [0.3, 0.4) is 0 Å². The minimum Gasteiger partial charge on any atom is -0.350 e. The molecule has 0 spiro atoms. The Balaban J connectivity index is 2.18. The molecule has 1 unspecified atom stereocenters. The van der Waals surface area contributed by atoms with E-state index in [0.29, 0.717) is 11.3 Å². The predicted molar refractivity (Wildman–Crippen MR) is 101 cm³/mol. The molecule has 10 nitrogen and oxygen atoms in total. The molecule has 0 saturated carbocycles. The van der Waals surface area contributed by atoms with Gasteiger partial charge in [0.05, 0.1) is 15.9 Å². The molecule has 0 aromatic heterocycles. The summed E-state index contributed by atoms with van der Waals surface area (Å²) in [6, 6.07) is 8.80. The maximum Gasteiger partial charge on any atom is 0.289 e. The van der Waals surface area contributed by atoms with Gasteiger partial charge in [0.25, 0.3) is 23.2 Å². The van der Waals surface area contributed by atoms with E-state index in [4.69, 9.17) is 0 Å². The monoisotopic (exact) mass is 386 g/mol. The van der Waals surface area contributed by atoms with Gasteiger partial charge in [0, 0.05) is 23.4 Å². The zero-order chi connectivity index (χ0) is 20.8. The molecule has 2 rings (SSSR count). The van der Waals surface area contributed by atoms with Crippen molar-refractivity contribution in [2.75, 3.05) is 5.32 Å². The first-order valence-electron chi connectivity index (χ1n) is 8.38. The number of hydrogen-bond acceptors (Lipinski definition) is 6. The molecule has 2 amide bonds. The summed E-state index contributed by atoms with van der Waals surface area (Å²) in [4.78, 5) is 44.7. The number of nitro benzene ring substituents is 2. The summed E-state index contributed by atoms with van der Waals surface area (Å²) in [5.74, 6) is -1.04. The third-order valence-electron chi connectivity index (χ3n) is 4.03. The van der Waals surface area contributed by atoms with Gasteiger partial charge in [-0.1, -0.05) is 6.92 Å². The van der Waals surface area contributed by atoms with Crippen molar-refractivity contribution in [3.05, 3.63) is 73.8 Å². The van der Waals surface area contributed by atoms with Gasteiger partial charge in [-0.2, -0.15) is 0 Å². The Kier molecular flexibility index (Phi) is 6.38. The summed E-state index contributed by atoms with van der Waals surface area (Å²) in [5.41, 5.74) is -0.747. The Morgan fingerprint density at radius 1 is 1.00 bits per heavy atom. The van der Waals surface area contributed by atoms with Gasteiger partial charge in [-0.3, -0.25) is 29.8 Å². The Morgan fingerprint density at radius 2 is 1.64 bits per heavy atom. The number of nitrogens with one attached hydrogen (secondary N) is 2. The van der Waals surface area contributed by atoms with Crippen LogP contribution in [0.25, 0.3) is 0 Å². The Hall–Kier alpha value is -3.82. The van der Waals surface area contributed by atoms with Crippen molar-refractivity contribution in [1.29, 1.82) is 0 Å². The second-order valence-corrected chi connectivity index (χ2v) is 6.03. The van der Waals surface area contributed by atoms with E-state index in [1.807, 2.05) is 13.8 Å². The third-order valence-corrected chi connectivity index (χ3v) is 4.03. The van der Waals surface area contributed by atoms with Crippen LogP contribution in [0.4, 0.5) is 17.1 Å². The molecule has 28 heavy (non-hydrogen) atoms. The molecular formula is C18H18N4O6. The van der Waals surface area contributed by atoms with E-state index in [0.717, 1.165) is 24.6 Å². The summed E-state index contributed by atoms with van der Waals surface area (Å²) in [6.45, 7) is 3.82. The molecule has 2 aromatic carbocycles. The number of nitro groups is 2. The SMILES string of the molecule is CCC(C)NC(=O)c1ccc(NC(=O)c2ccc([N+](=O)[O-])cc2[N+](=O)[O-])cc1. The third kappa shape index (κ3) is 4.87. The highest BCUT2D eigenvalue weighted by Gasteiger charge is 2.24. The number of carbonyl (C=O) groups is 2. The molecule has 1 atom stereocenters. The van der Waals surface area contributed by atoms with Crippen LogP contribution < -0.4 is 10.6 Å². The molecule has 2 N–H and O–H groups in total. The van der Waals surface area contributed by atoms with Gasteiger partial charge < -0.3 is 10.6 Å². The van der Waals surface area contributed by atoms with E-state index >= 15 is 0 Å². The standard InChI is InChI=1S/C18H18N4O6/c1-3-11(2)19-17(23)12-4-6-13(7-5-12)20-18(24)15-9-8-14(21(25)26)10-16(15)22(27)28/h4-11H,3H2,1-2H3,(H,19,23)(H,20,24). The number of carbonyl (C=O) groups excluding carboxylic acids is 2. The number of anilines is 1. The second-order valence-electron chi connectivity index (χ2n) is 6.03. The van der Waals surface area contributed by atoms with E-state index in [1.165, 1.54) is 24.3 Å². The molecule has 0 saturated heterocycles. The number of benzene rings is 2. The van der Waals surface area contributed by atoms with Crippen molar-refractivity contribution in [2.24, 2.45) is 0 Å². The van der Waals surface area contributed by atoms with Crippen LogP contribution in [0.15, 0.2) is 42.5 Å². The van der Waals surface area contributed by atoms with Crippen molar-refractivity contribution in [2.45, 2.75) is 26.3 Å². The van der Waals surface area contributed by atoms with Gasteiger partial charge in [-0.25, -0.2) is 0 Å². The van der Waals surface area contributed by atoms with E-state index in [-0.39, 0.29) is 17.5 Å². The van der Waals surface area contributed by atoms with E-state index in [2.05, 4.69) is 10.6 Å². The fraction of sp³-hybridized carbons (Fsp3) is 0.222. The molecule has 2 aromatic rings. The predicted octanol–water partition coefficient (Wildman–Crippen LogP) is 3.28. The Morgan fingerprint density at radius 3 is 2.18 bits per heavy atom. The molecule has 0 aliphatic carbocycles. The quantitative estimate of drug-likeness (QED) is 0.552. The van der Waals surface area contributed by atoms with Gasteiger partial charge in [0.1, 0.15) is 5.56 Å². The minimum atomic E-state index is -0.857.